The summed E-state index contributed by atoms with van der Waals surface area (Å²) in [6.45, 7) is 2.44. The lowest BCUT2D eigenvalue weighted by atomic mass is 10.1. The first-order valence-electron chi connectivity index (χ1n) is 7.65. The third-order valence-corrected chi connectivity index (χ3v) is 5.29. The molecule has 0 N–H and O–H groups in total. The van der Waals surface area contributed by atoms with E-state index in [1.807, 2.05) is 18.9 Å². The summed E-state index contributed by atoms with van der Waals surface area (Å²) in [7, 11) is -1.37. The van der Waals surface area contributed by atoms with Crippen LogP contribution in [0.25, 0.3) is 0 Å². The summed E-state index contributed by atoms with van der Waals surface area (Å²) >= 11 is 0. The molecule has 2 aromatic rings. The molecule has 3 nitrogen and oxygen atoms in total. The average molecular weight is 371 g/mol. The quantitative estimate of drug-likeness (QED) is 0.786. The molecule has 0 aliphatic heterocycles. The summed E-state index contributed by atoms with van der Waals surface area (Å²) in [5.74, 6) is 0. The number of rotatable bonds is 5. The highest BCUT2D eigenvalue weighted by Crippen LogP contribution is 2.29. The van der Waals surface area contributed by atoms with Gasteiger partial charge in [-0.1, -0.05) is 24.3 Å². The van der Waals surface area contributed by atoms with Gasteiger partial charge in [0.2, 0.25) is 0 Å². The van der Waals surface area contributed by atoms with Crippen LogP contribution in [-0.2, 0) is 22.6 Å². The summed E-state index contributed by atoms with van der Waals surface area (Å²) in [5.41, 5.74) is 1.04. The van der Waals surface area contributed by atoms with Crippen LogP contribution in [0.5, 0.6) is 0 Å². The molecule has 25 heavy (non-hydrogen) atoms. The molecule has 1 unspecified atom stereocenters. The Kier molecular flexibility index (Phi) is 5.58. The number of halogens is 3. The molecule has 0 saturated heterocycles. The van der Waals surface area contributed by atoms with Crippen LogP contribution < -0.4 is 0 Å². The standard InChI is InChI=1S/C18H20F3NO2S/c1-13(15-6-10-17(11-7-15)25(3,23)24)22(2)12-14-4-8-16(9-5-14)18(19,20)21/h4-11,13H,12H2,1-3H3. The first-order valence-corrected chi connectivity index (χ1v) is 9.54. The molecule has 0 spiro atoms. The van der Waals surface area contributed by atoms with Crippen molar-refractivity contribution in [1.82, 2.24) is 4.90 Å². The second-order valence-corrected chi connectivity index (χ2v) is 8.14. The van der Waals surface area contributed by atoms with E-state index < -0.39 is 21.6 Å². The van der Waals surface area contributed by atoms with Crippen LogP contribution >= 0.6 is 0 Å². The van der Waals surface area contributed by atoms with Crippen molar-refractivity contribution < 1.29 is 21.6 Å². The third-order valence-electron chi connectivity index (χ3n) is 4.17. The second-order valence-electron chi connectivity index (χ2n) is 6.13. The van der Waals surface area contributed by atoms with Crippen LogP contribution in [0.3, 0.4) is 0 Å². The lowest BCUT2D eigenvalue weighted by molar-refractivity contribution is -0.137. The topological polar surface area (TPSA) is 37.4 Å². The molecule has 0 aliphatic rings. The molecule has 0 aromatic heterocycles. The molecule has 136 valence electrons. The van der Waals surface area contributed by atoms with E-state index in [9.17, 15) is 21.6 Å². The van der Waals surface area contributed by atoms with E-state index in [0.29, 0.717) is 6.54 Å². The molecule has 0 saturated carbocycles. The Morgan fingerprint density at radius 1 is 1.00 bits per heavy atom. The highest BCUT2D eigenvalue weighted by atomic mass is 32.2. The summed E-state index contributed by atoms with van der Waals surface area (Å²) in [6.07, 6.45) is -3.18. The maximum atomic E-state index is 12.6. The molecule has 0 aliphatic carbocycles. The van der Waals surface area contributed by atoms with Crippen molar-refractivity contribution in [2.75, 3.05) is 13.3 Å². The van der Waals surface area contributed by atoms with E-state index in [2.05, 4.69) is 0 Å². The van der Waals surface area contributed by atoms with E-state index in [-0.39, 0.29) is 10.9 Å². The molecule has 0 amide bonds. The zero-order valence-electron chi connectivity index (χ0n) is 14.2. The first-order chi connectivity index (χ1) is 11.5. The number of benzene rings is 2. The maximum absolute atomic E-state index is 12.6. The van der Waals surface area contributed by atoms with Crippen LogP contribution in [0.4, 0.5) is 13.2 Å². The SMILES string of the molecule is CC(c1ccc(S(C)(=O)=O)cc1)N(C)Cc1ccc(C(F)(F)F)cc1. The van der Waals surface area contributed by atoms with Gasteiger partial charge in [0.05, 0.1) is 10.5 Å². The molecule has 0 heterocycles. The Morgan fingerprint density at radius 2 is 1.52 bits per heavy atom. The van der Waals surface area contributed by atoms with Crippen molar-refractivity contribution in [3.05, 3.63) is 65.2 Å². The normalized spacial score (nSPS) is 13.9. The van der Waals surface area contributed by atoms with Gasteiger partial charge in [-0.3, -0.25) is 4.90 Å². The molecule has 1 atom stereocenters. The minimum Gasteiger partial charge on any atom is -0.295 e. The van der Waals surface area contributed by atoms with Crippen LogP contribution in [-0.4, -0.2) is 26.6 Å². The number of nitrogens with zero attached hydrogens (tertiary/aromatic N) is 1. The van der Waals surface area contributed by atoms with E-state index in [1.165, 1.54) is 12.1 Å². The minimum absolute atomic E-state index is 0.0177. The number of hydrogen-bond donors (Lipinski definition) is 0. The van der Waals surface area contributed by atoms with Gasteiger partial charge in [0.15, 0.2) is 9.84 Å². The van der Waals surface area contributed by atoms with Gasteiger partial charge in [-0.05, 0) is 49.4 Å². The number of sulfone groups is 1. The second kappa shape index (κ2) is 7.17. The zero-order valence-corrected chi connectivity index (χ0v) is 15.0. The Labute approximate surface area is 146 Å². The fraction of sp³-hybridized carbons (Fsp3) is 0.333. The minimum atomic E-state index is -4.33. The summed E-state index contributed by atoms with van der Waals surface area (Å²) < 4.78 is 60.8. The van der Waals surface area contributed by atoms with E-state index in [0.717, 1.165) is 29.5 Å². The van der Waals surface area contributed by atoms with Crippen LogP contribution in [0, 0.1) is 0 Å². The average Bonchev–Trinajstić information content (AvgIpc) is 2.53. The van der Waals surface area contributed by atoms with Crippen LogP contribution in [0.15, 0.2) is 53.4 Å². The van der Waals surface area contributed by atoms with Crippen molar-refractivity contribution in [1.29, 1.82) is 0 Å². The molecule has 2 rings (SSSR count). The fourth-order valence-corrected chi connectivity index (χ4v) is 3.10. The smallest absolute Gasteiger partial charge is 0.295 e. The monoisotopic (exact) mass is 371 g/mol. The molecule has 2 aromatic carbocycles. The third kappa shape index (κ3) is 5.06. The predicted molar refractivity (Wildman–Crippen MR) is 90.9 cm³/mol. The fourth-order valence-electron chi connectivity index (χ4n) is 2.47. The molecule has 0 bridgehead atoms. The van der Waals surface area contributed by atoms with Gasteiger partial charge >= 0.3 is 6.18 Å². The number of hydrogen-bond acceptors (Lipinski definition) is 3. The van der Waals surface area contributed by atoms with Crippen LogP contribution in [0.1, 0.15) is 29.7 Å². The number of alkyl halides is 3. The maximum Gasteiger partial charge on any atom is 0.416 e. The molecule has 0 radical (unpaired) electrons. The highest BCUT2D eigenvalue weighted by molar-refractivity contribution is 7.90. The van der Waals surface area contributed by atoms with Gasteiger partial charge in [-0.15, -0.1) is 0 Å². The Balaban J connectivity index is 2.08. The van der Waals surface area contributed by atoms with Crippen molar-refractivity contribution in [3.63, 3.8) is 0 Å². The van der Waals surface area contributed by atoms with Gasteiger partial charge in [-0.2, -0.15) is 13.2 Å². The Morgan fingerprint density at radius 3 is 1.96 bits per heavy atom. The summed E-state index contributed by atoms with van der Waals surface area (Å²) in [5, 5.41) is 0. The molecule has 0 fully saturated rings. The highest BCUT2D eigenvalue weighted by Gasteiger charge is 2.30. The van der Waals surface area contributed by atoms with Gasteiger partial charge < -0.3 is 0 Å². The van der Waals surface area contributed by atoms with Crippen molar-refractivity contribution >= 4 is 9.84 Å². The van der Waals surface area contributed by atoms with Crippen molar-refractivity contribution in [3.8, 4) is 0 Å². The zero-order chi connectivity index (χ0) is 18.8. The van der Waals surface area contributed by atoms with E-state index in [1.54, 1.807) is 24.3 Å². The van der Waals surface area contributed by atoms with E-state index >= 15 is 0 Å². The largest absolute Gasteiger partial charge is 0.416 e. The van der Waals surface area contributed by atoms with Gasteiger partial charge in [0.25, 0.3) is 0 Å². The first kappa shape index (κ1) is 19.5. The van der Waals surface area contributed by atoms with Gasteiger partial charge in [0.1, 0.15) is 0 Å². The molecule has 7 heteroatoms. The lowest BCUT2D eigenvalue weighted by Gasteiger charge is -2.25. The molecular weight excluding hydrogens is 351 g/mol. The molecular formula is C18H20F3NO2S. The summed E-state index contributed by atoms with van der Waals surface area (Å²) in [4.78, 5) is 2.24. The Bertz CT molecular complexity index is 813. The summed E-state index contributed by atoms with van der Waals surface area (Å²) in [6, 6.07) is 11.7. The predicted octanol–water partition coefficient (Wildman–Crippen LogP) is 4.30. The van der Waals surface area contributed by atoms with Gasteiger partial charge in [-0.25, -0.2) is 8.42 Å². The van der Waals surface area contributed by atoms with Gasteiger partial charge in [0, 0.05) is 18.8 Å². The lowest BCUT2D eigenvalue weighted by Crippen LogP contribution is -2.22. The van der Waals surface area contributed by atoms with Crippen molar-refractivity contribution in [2.45, 2.75) is 30.6 Å². The van der Waals surface area contributed by atoms with Crippen LogP contribution in [0.2, 0.25) is 0 Å². The van der Waals surface area contributed by atoms with Crippen molar-refractivity contribution in [2.24, 2.45) is 0 Å². The Hall–Kier alpha value is -1.86. The van der Waals surface area contributed by atoms with E-state index in [4.69, 9.17) is 0 Å².